The number of thiazole rings is 1. The van der Waals surface area contributed by atoms with E-state index in [-0.39, 0.29) is 29.4 Å². The van der Waals surface area contributed by atoms with Gasteiger partial charge in [-0.2, -0.15) is 0 Å². The predicted molar refractivity (Wildman–Crippen MR) is 102 cm³/mol. The molecule has 4 nitrogen and oxygen atoms in total. The summed E-state index contributed by atoms with van der Waals surface area (Å²) in [6.45, 7) is 11.5. The molecule has 2 rings (SSSR count). The molecule has 1 fully saturated rings. The largest absolute Gasteiger partial charge is 0.370 e. The van der Waals surface area contributed by atoms with Crippen LogP contribution in [0.15, 0.2) is 10.4 Å². The first kappa shape index (κ1) is 18.7. The highest BCUT2D eigenvalue weighted by atomic mass is 127. The second-order valence-corrected chi connectivity index (χ2v) is 7.66. The Morgan fingerprint density at radius 3 is 2.57 bits per heavy atom. The van der Waals surface area contributed by atoms with E-state index in [1.807, 2.05) is 0 Å². The first-order chi connectivity index (χ1) is 9.36. The Labute approximate surface area is 149 Å². The number of guanidine groups is 1. The van der Waals surface area contributed by atoms with Gasteiger partial charge < -0.3 is 10.6 Å². The smallest absolute Gasteiger partial charge is 0.191 e. The maximum atomic E-state index is 6.09. The number of likely N-dealkylation sites (tertiary alicyclic amines) is 1. The van der Waals surface area contributed by atoms with Gasteiger partial charge in [0.1, 0.15) is 5.01 Å². The van der Waals surface area contributed by atoms with Crippen LogP contribution in [0, 0.1) is 5.92 Å². The molecule has 0 amide bonds. The van der Waals surface area contributed by atoms with E-state index >= 15 is 0 Å². The number of hydrogen-bond donors (Lipinski definition) is 1. The van der Waals surface area contributed by atoms with E-state index in [0.29, 0.717) is 12.5 Å². The average molecular weight is 422 g/mol. The van der Waals surface area contributed by atoms with E-state index in [2.05, 4.69) is 48.0 Å². The maximum Gasteiger partial charge on any atom is 0.191 e. The third-order valence-corrected chi connectivity index (χ3v) is 4.64. The fourth-order valence-electron chi connectivity index (χ4n) is 2.21. The molecule has 0 spiro atoms. The lowest BCUT2D eigenvalue weighted by Crippen LogP contribution is -2.42. The third kappa shape index (κ3) is 5.39. The minimum absolute atomic E-state index is 0. The van der Waals surface area contributed by atoms with Gasteiger partial charge in [-0.1, -0.05) is 27.7 Å². The standard InChI is InChI=1S/C15H26N4S.HI/c1-11-5-7-19(8-6-11)14(16)17-9-13-18-12(10-20-13)15(2,3)4;/h10-11H,5-9H2,1-4H3,(H2,16,17);1H. The van der Waals surface area contributed by atoms with Crippen LogP contribution in [0.1, 0.15) is 51.2 Å². The summed E-state index contributed by atoms with van der Waals surface area (Å²) in [4.78, 5) is 11.3. The van der Waals surface area contributed by atoms with Crippen molar-refractivity contribution < 1.29 is 0 Å². The zero-order valence-electron chi connectivity index (χ0n) is 13.4. The fraction of sp³-hybridized carbons (Fsp3) is 0.733. The lowest BCUT2D eigenvalue weighted by molar-refractivity contribution is 0.277. The van der Waals surface area contributed by atoms with Crippen molar-refractivity contribution in [3.63, 3.8) is 0 Å². The Hall–Kier alpha value is -0.370. The van der Waals surface area contributed by atoms with E-state index in [1.54, 1.807) is 11.3 Å². The van der Waals surface area contributed by atoms with Crippen molar-refractivity contribution >= 4 is 41.3 Å². The number of hydrogen-bond acceptors (Lipinski definition) is 3. The number of nitrogens with zero attached hydrogens (tertiary/aromatic N) is 3. The molecule has 21 heavy (non-hydrogen) atoms. The van der Waals surface area contributed by atoms with Gasteiger partial charge >= 0.3 is 0 Å². The number of halogens is 1. The Morgan fingerprint density at radius 1 is 1.43 bits per heavy atom. The zero-order chi connectivity index (χ0) is 14.8. The molecular formula is C15H27IN4S. The summed E-state index contributed by atoms with van der Waals surface area (Å²) in [5.74, 6) is 1.48. The van der Waals surface area contributed by atoms with Crippen LogP contribution in [-0.2, 0) is 12.0 Å². The third-order valence-electron chi connectivity index (χ3n) is 3.80. The molecule has 1 aromatic rings. The van der Waals surface area contributed by atoms with Crippen molar-refractivity contribution in [1.82, 2.24) is 9.88 Å². The van der Waals surface area contributed by atoms with Gasteiger partial charge in [0, 0.05) is 23.9 Å². The molecule has 1 aromatic heterocycles. The predicted octanol–water partition coefficient (Wildman–Crippen LogP) is 3.61. The van der Waals surface area contributed by atoms with Gasteiger partial charge in [0.05, 0.1) is 12.2 Å². The van der Waals surface area contributed by atoms with Crippen LogP contribution in [0.25, 0.3) is 0 Å². The van der Waals surface area contributed by atoms with Crippen LogP contribution >= 0.6 is 35.3 Å². The molecule has 0 aromatic carbocycles. The monoisotopic (exact) mass is 422 g/mol. The minimum Gasteiger partial charge on any atom is -0.370 e. The van der Waals surface area contributed by atoms with Gasteiger partial charge in [0.2, 0.25) is 0 Å². The molecule has 0 unspecified atom stereocenters. The Bertz CT molecular complexity index is 470. The first-order valence-electron chi connectivity index (χ1n) is 7.36. The summed E-state index contributed by atoms with van der Waals surface area (Å²) in [7, 11) is 0. The summed E-state index contributed by atoms with van der Waals surface area (Å²) >= 11 is 1.67. The molecule has 0 saturated carbocycles. The van der Waals surface area contributed by atoms with Crippen LogP contribution in [0.2, 0.25) is 0 Å². The van der Waals surface area contributed by atoms with Crippen molar-refractivity contribution in [1.29, 1.82) is 0 Å². The van der Waals surface area contributed by atoms with E-state index in [9.17, 15) is 0 Å². The molecular weight excluding hydrogens is 395 g/mol. The summed E-state index contributed by atoms with van der Waals surface area (Å²) in [5.41, 5.74) is 7.33. The van der Waals surface area contributed by atoms with E-state index in [0.717, 1.165) is 29.7 Å². The number of aromatic nitrogens is 1. The van der Waals surface area contributed by atoms with Crippen molar-refractivity contribution in [2.75, 3.05) is 13.1 Å². The fourth-order valence-corrected chi connectivity index (χ4v) is 3.16. The number of rotatable bonds is 2. The number of nitrogens with two attached hydrogens (primary N) is 1. The molecule has 1 saturated heterocycles. The van der Waals surface area contributed by atoms with Gasteiger partial charge in [0.15, 0.2) is 5.96 Å². The average Bonchev–Trinajstić information content (AvgIpc) is 2.85. The topological polar surface area (TPSA) is 54.5 Å². The van der Waals surface area contributed by atoms with Crippen molar-refractivity contribution in [3.8, 4) is 0 Å². The molecule has 0 atom stereocenters. The quantitative estimate of drug-likeness (QED) is 0.450. The van der Waals surface area contributed by atoms with Crippen molar-refractivity contribution in [2.45, 2.75) is 52.5 Å². The molecule has 0 bridgehead atoms. The SMILES string of the molecule is CC1CCN(C(N)=NCc2nc(C(C)(C)C)cs2)CC1.I. The molecule has 2 heterocycles. The Balaban J connectivity index is 0.00000220. The molecule has 1 aliphatic rings. The van der Waals surface area contributed by atoms with Crippen LogP contribution < -0.4 is 5.73 Å². The van der Waals surface area contributed by atoms with Crippen LogP contribution in [0.4, 0.5) is 0 Å². The second kappa shape index (κ2) is 7.76. The second-order valence-electron chi connectivity index (χ2n) is 6.72. The molecule has 0 aliphatic carbocycles. The van der Waals surface area contributed by atoms with Gasteiger partial charge in [-0.05, 0) is 18.8 Å². The van der Waals surface area contributed by atoms with Gasteiger partial charge in [0.25, 0.3) is 0 Å². The van der Waals surface area contributed by atoms with Crippen molar-refractivity contribution in [2.24, 2.45) is 16.6 Å². The number of piperidine rings is 1. The van der Waals surface area contributed by atoms with Crippen LogP contribution in [-0.4, -0.2) is 28.9 Å². The Morgan fingerprint density at radius 2 is 2.05 bits per heavy atom. The van der Waals surface area contributed by atoms with E-state index < -0.39 is 0 Å². The maximum absolute atomic E-state index is 6.09. The highest BCUT2D eigenvalue weighted by molar-refractivity contribution is 14.0. The van der Waals surface area contributed by atoms with Crippen LogP contribution in [0.3, 0.4) is 0 Å². The first-order valence-corrected chi connectivity index (χ1v) is 8.24. The van der Waals surface area contributed by atoms with Gasteiger partial charge in [-0.25, -0.2) is 9.98 Å². The van der Waals surface area contributed by atoms with Crippen molar-refractivity contribution in [3.05, 3.63) is 16.1 Å². The van der Waals surface area contributed by atoms with E-state index in [4.69, 9.17) is 5.73 Å². The lowest BCUT2D eigenvalue weighted by Gasteiger charge is -2.30. The van der Waals surface area contributed by atoms with E-state index in [1.165, 1.54) is 12.8 Å². The van der Waals surface area contributed by atoms with Crippen LogP contribution in [0.5, 0.6) is 0 Å². The van der Waals surface area contributed by atoms with Gasteiger partial charge in [-0.3, -0.25) is 0 Å². The minimum atomic E-state index is 0. The summed E-state index contributed by atoms with van der Waals surface area (Å²) in [5, 5.41) is 3.17. The molecule has 120 valence electrons. The Kier molecular flexibility index (Phi) is 6.90. The molecule has 1 aliphatic heterocycles. The molecule has 2 N–H and O–H groups in total. The van der Waals surface area contributed by atoms with Gasteiger partial charge in [-0.15, -0.1) is 35.3 Å². The molecule has 0 radical (unpaired) electrons. The normalized spacial score (nSPS) is 17.7. The highest BCUT2D eigenvalue weighted by Crippen LogP contribution is 2.24. The summed E-state index contributed by atoms with van der Waals surface area (Å²) in [6.07, 6.45) is 2.42. The highest BCUT2D eigenvalue weighted by Gasteiger charge is 2.18. The number of aliphatic imine (C=N–C) groups is 1. The summed E-state index contributed by atoms with van der Waals surface area (Å²) in [6, 6.07) is 0. The molecule has 6 heteroatoms. The zero-order valence-corrected chi connectivity index (χ0v) is 16.6. The lowest BCUT2D eigenvalue weighted by atomic mass is 9.93. The summed E-state index contributed by atoms with van der Waals surface area (Å²) < 4.78 is 0.